The van der Waals surface area contributed by atoms with E-state index in [2.05, 4.69) is 5.32 Å². The standard InChI is InChI=1S/C14H26N2O3S/c1-20-8-5-11(13(18)19)16-12(17)9-14(10-15)6-3-2-4-7-14/h11H,2-10,15H2,1H3,(H,16,17)(H,18,19). The number of aliphatic carboxylic acids is 1. The van der Waals surface area contributed by atoms with Crippen molar-refractivity contribution in [1.29, 1.82) is 0 Å². The zero-order valence-electron chi connectivity index (χ0n) is 12.2. The fourth-order valence-electron chi connectivity index (χ4n) is 2.83. The first-order chi connectivity index (χ1) is 9.53. The largest absolute Gasteiger partial charge is 0.480 e. The SMILES string of the molecule is CSCCC(NC(=O)CC1(CN)CCCCC1)C(=O)O. The molecule has 1 aliphatic carbocycles. The van der Waals surface area contributed by atoms with Gasteiger partial charge in [-0.2, -0.15) is 11.8 Å². The number of rotatable bonds is 8. The second-order valence-electron chi connectivity index (χ2n) is 5.68. The van der Waals surface area contributed by atoms with E-state index in [4.69, 9.17) is 10.8 Å². The molecule has 1 rings (SSSR count). The number of carboxylic acids is 1. The van der Waals surface area contributed by atoms with Crippen molar-refractivity contribution in [3.05, 3.63) is 0 Å². The van der Waals surface area contributed by atoms with E-state index in [0.29, 0.717) is 19.4 Å². The highest BCUT2D eigenvalue weighted by Crippen LogP contribution is 2.38. The molecular weight excluding hydrogens is 276 g/mol. The van der Waals surface area contributed by atoms with Crippen LogP contribution in [-0.4, -0.2) is 41.6 Å². The second kappa shape index (κ2) is 8.52. The molecule has 1 aliphatic rings. The van der Waals surface area contributed by atoms with Crippen LogP contribution in [0.25, 0.3) is 0 Å². The normalized spacial score (nSPS) is 19.3. The van der Waals surface area contributed by atoms with Gasteiger partial charge in [-0.3, -0.25) is 4.79 Å². The number of hydrogen-bond acceptors (Lipinski definition) is 4. The molecule has 116 valence electrons. The van der Waals surface area contributed by atoms with Gasteiger partial charge in [-0.05, 0) is 43.2 Å². The van der Waals surface area contributed by atoms with E-state index < -0.39 is 12.0 Å². The molecule has 1 saturated carbocycles. The van der Waals surface area contributed by atoms with Crippen molar-refractivity contribution in [1.82, 2.24) is 5.32 Å². The summed E-state index contributed by atoms with van der Waals surface area (Å²) in [5.41, 5.74) is 5.74. The van der Waals surface area contributed by atoms with Crippen LogP contribution in [0.4, 0.5) is 0 Å². The average Bonchev–Trinajstić information content (AvgIpc) is 2.44. The summed E-state index contributed by atoms with van der Waals surface area (Å²) in [6, 6.07) is -0.784. The summed E-state index contributed by atoms with van der Waals surface area (Å²) in [5, 5.41) is 11.8. The lowest BCUT2D eigenvalue weighted by Crippen LogP contribution is -2.45. The first-order valence-electron chi connectivity index (χ1n) is 7.24. The molecule has 1 amide bonds. The van der Waals surface area contributed by atoms with Crippen LogP contribution < -0.4 is 11.1 Å². The third kappa shape index (κ3) is 5.32. The summed E-state index contributed by atoms with van der Waals surface area (Å²) >= 11 is 1.58. The second-order valence-corrected chi connectivity index (χ2v) is 6.67. The van der Waals surface area contributed by atoms with Crippen molar-refractivity contribution in [3.63, 3.8) is 0 Å². The Labute approximate surface area is 125 Å². The Bertz CT molecular complexity index is 330. The van der Waals surface area contributed by atoms with Crippen LogP contribution in [0, 0.1) is 5.41 Å². The Morgan fingerprint density at radius 3 is 2.50 bits per heavy atom. The maximum absolute atomic E-state index is 12.1. The highest BCUT2D eigenvalue weighted by molar-refractivity contribution is 7.98. The zero-order valence-corrected chi connectivity index (χ0v) is 13.0. The highest BCUT2D eigenvalue weighted by atomic mass is 32.2. The maximum atomic E-state index is 12.1. The van der Waals surface area contributed by atoms with E-state index in [1.807, 2.05) is 6.26 Å². The highest BCUT2D eigenvalue weighted by Gasteiger charge is 2.33. The van der Waals surface area contributed by atoms with Crippen LogP contribution in [-0.2, 0) is 9.59 Å². The molecule has 0 aromatic heterocycles. The number of hydrogen-bond donors (Lipinski definition) is 3. The van der Waals surface area contributed by atoms with Crippen LogP contribution in [0.2, 0.25) is 0 Å². The van der Waals surface area contributed by atoms with E-state index in [9.17, 15) is 9.59 Å². The van der Waals surface area contributed by atoms with Gasteiger partial charge in [0.1, 0.15) is 6.04 Å². The number of carbonyl (C=O) groups is 2. The minimum absolute atomic E-state index is 0.120. The molecule has 0 radical (unpaired) electrons. The Morgan fingerprint density at radius 1 is 1.35 bits per heavy atom. The number of nitrogens with two attached hydrogens (primary N) is 1. The van der Waals surface area contributed by atoms with Gasteiger partial charge in [0.15, 0.2) is 0 Å². The molecule has 6 heteroatoms. The lowest BCUT2D eigenvalue weighted by molar-refractivity contribution is -0.142. The molecule has 0 bridgehead atoms. The summed E-state index contributed by atoms with van der Waals surface area (Å²) in [7, 11) is 0. The Kier molecular flexibility index (Phi) is 7.37. The van der Waals surface area contributed by atoms with Crippen molar-refractivity contribution in [2.45, 2.75) is 51.0 Å². The first-order valence-corrected chi connectivity index (χ1v) is 8.63. The van der Waals surface area contributed by atoms with Gasteiger partial charge in [0, 0.05) is 6.42 Å². The number of thioether (sulfide) groups is 1. The van der Waals surface area contributed by atoms with Gasteiger partial charge < -0.3 is 16.2 Å². The van der Waals surface area contributed by atoms with Gasteiger partial charge in [0.05, 0.1) is 0 Å². The summed E-state index contributed by atoms with van der Waals surface area (Å²) in [4.78, 5) is 23.3. The topological polar surface area (TPSA) is 92.4 Å². The number of nitrogens with one attached hydrogen (secondary N) is 1. The lowest BCUT2D eigenvalue weighted by Gasteiger charge is -2.35. The minimum atomic E-state index is -0.960. The van der Waals surface area contributed by atoms with Gasteiger partial charge in [0.2, 0.25) is 5.91 Å². The molecule has 0 saturated heterocycles. The molecule has 0 aliphatic heterocycles. The monoisotopic (exact) mass is 302 g/mol. The number of amides is 1. The molecule has 20 heavy (non-hydrogen) atoms. The van der Waals surface area contributed by atoms with Crippen molar-refractivity contribution in [2.75, 3.05) is 18.6 Å². The predicted molar refractivity (Wildman–Crippen MR) is 81.8 cm³/mol. The molecule has 5 nitrogen and oxygen atoms in total. The summed E-state index contributed by atoms with van der Waals surface area (Å²) in [6.45, 7) is 0.503. The number of carbonyl (C=O) groups excluding carboxylic acids is 1. The van der Waals surface area contributed by atoms with Gasteiger partial charge >= 0.3 is 5.97 Å². The third-order valence-corrected chi connectivity index (χ3v) is 4.77. The van der Waals surface area contributed by atoms with Gasteiger partial charge in [-0.15, -0.1) is 0 Å². The molecule has 0 aromatic rings. The van der Waals surface area contributed by atoms with Crippen molar-refractivity contribution >= 4 is 23.6 Å². The van der Waals surface area contributed by atoms with E-state index in [0.717, 1.165) is 31.4 Å². The van der Waals surface area contributed by atoms with Gasteiger partial charge in [-0.25, -0.2) is 4.79 Å². The van der Waals surface area contributed by atoms with E-state index in [-0.39, 0.29) is 11.3 Å². The smallest absolute Gasteiger partial charge is 0.326 e. The predicted octanol–water partition coefficient (Wildman–Crippen LogP) is 1.61. The van der Waals surface area contributed by atoms with Crippen LogP contribution in [0.3, 0.4) is 0 Å². The fourth-order valence-corrected chi connectivity index (χ4v) is 3.31. The minimum Gasteiger partial charge on any atom is -0.480 e. The zero-order chi connectivity index (χ0) is 15.0. The molecule has 1 fully saturated rings. The van der Waals surface area contributed by atoms with E-state index in [1.54, 1.807) is 11.8 Å². The summed E-state index contributed by atoms with van der Waals surface area (Å²) in [6.07, 6.45) is 8.10. The van der Waals surface area contributed by atoms with Crippen molar-refractivity contribution < 1.29 is 14.7 Å². The lowest BCUT2D eigenvalue weighted by atomic mass is 9.71. The van der Waals surface area contributed by atoms with Crippen LogP contribution in [0.5, 0.6) is 0 Å². The quantitative estimate of drug-likeness (QED) is 0.633. The molecule has 0 spiro atoms. The summed E-state index contributed by atoms with van der Waals surface area (Å²) in [5.74, 6) is -0.414. The molecule has 0 aromatic carbocycles. The molecule has 0 heterocycles. The van der Waals surface area contributed by atoms with Gasteiger partial charge in [0.25, 0.3) is 0 Å². The first kappa shape index (κ1) is 17.3. The third-order valence-electron chi connectivity index (χ3n) is 4.13. The maximum Gasteiger partial charge on any atom is 0.326 e. The molecule has 4 N–H and O–H groups in total. The van der Waals surface area contributed by atoms with Crippen molar-refractivity contribution in [3.8, 4) is 0 Å². The van der Waals surface area contributed by atoms with Crippen molar-refractivity contribution in [2.24, 2.45) is 11.1 Å². The van der Waals surface area contributed by atoms with E-state index >= 15 is 0 Å². The Balaban J connectivity index is 2.53. The Morgan fingerprint density at radius 2 is 2.00 bits per heavy atom. The fraction of sp³-hybridized carbons (Fsp3) is 0.857. The number of carboxylic acid groups (broad SMARTS) is 1. The van der Waals surface area contributed by atoms with Crippen LogP contribution in [0.15, 0.2) is 0 Å². The van der Waals surface area contributed by atoms with E-state index in [1.165, 1.54) is 6.42 Å². The van der Waals surface area contributed by atoms with Gasteiger partial charge in [-0.1, -0.05) is 19.3 Å². The molecular formula is C14H26N2O3S. The Hall–Kier alpha value is -0.750. The summed E-state index contributed by atoms with van der Waals surface area (Å²) < 4.78 is 0. The molecule has 1 unspecified atom stereocenters. The molecule has 1 atom stereocenters. The van der Waals surface area contributed by atoms with Crippen LogP contribution in [0.1, 0.15) is 44.9 Å². The average molecular weight is 302 g/mol. The van der Waals surface area contributed by atoms with Crippen LogP contribution >= 0.6 is 11.8 Å².